The minimum Gasteiger partial charge on any atom is -0.465 e. The molecule has 0 unspecified atom stereocenters. The highest BCUT2D eigenvalue weighted by atomic mass is 79.9. The molecule has 27 heavy (non-hydrogen) atoms. The van der Waals surface area contributed by atoms with Gasteiger partial charge in [-0.2, -0.15) is 0 Å². The number of nitrogens with one attached hydrogen (secondary N) is 1. The van der Waals surface area contributed by atoms with Crippen LogP contribution in [-0.4, -0.2) is 40.1 Å². The van der Waals surface area contributed by atoms with Crippen molar-refractivity contribution in [3.05, 3.63) is 56.4 Å². The lowest BCUT2D eigenvalue weighted by Crippen LogP contribution is -2.53. The Balaban J connectivity index is 2.23. The van der Waals surface area contributed by atoms with Crippen molar-refractivity contribution < 1.29 is 19.1 Å². The lowest BCUT2D eigenvalue weighted by Gasteiger charge is -2.36. The summed E-state index contributed by atoms with van der Waals surface area (Å²) in [7, 11) is 0. The SMILES string of the molecule is CC(C)(C)N(C[C@H](Cc1cccc(F)c1)NC(=O)c1cc(Br)cs1)C(=O)O. The Labute approximate surface area is 170 Å². The number of hydrogen-bond donors (Lipinski definition) is 2. The molecule has 5 nitrogen and oxygen atoms in total. The van der Waals surface area contributed by atoms with Crippen LogP contribution in [0, 0.1) is 5.82 Å². The Hall–Kier alpha value is -1.93. The molecule has 1 heterocycles. The zero-order valence-corrected chi connectivity index (χ0v) is 17.7. The minimum absolute atomic E-state index is 0.0909. The van der Waals surface area contributed by atoms with E-state index in [2.05, 4.69) is 21.2 Å². The van der Waals surface area contributed by atoms with Crippen LogP contribution in [0.5, 0.6) is 0 Å². The maximum Gasteiger partial charge on any atom is 0.407 e. The normalized spacial score (nSPS) is 12.5. The van der Waals surface area contributed by atoms with E-state index in [9.17, 15) is 19.1 Å². The largest absolute Gasteiger partial charge is 0.465 e. The quantitative estimate of drug-likeness (QED) is 0.657. The van der Waals surface area contributed by atoms with E-state index < -0.39 is 17.7 Å². The number of thiophene rings is 1. The molecule has 0 radical (unpaired) electrons. The number of halogens is 2. The van der Waals surface area contributed by atoms with Crippen LogP contribution in [0.2, 0.25) is 0 Å². The summed E-state index contributed by atoms with van der Waals surface area (Å²) >= 11 is 4.61. The van der Waals surface area contributed by atoms with E-state index in [0.29, 0.717) is 16.9 Å². The summed E-state index contributed by atoms with van der Waals surface area (Å²) in [6, 6.07) is 7.29. The van der Waals surface area contributed by atoms with Gasteiger partial charge in [-0.3, -0.25) is 4.79 Å². The molecule has 146 valence electrons. The number of nitrogens with zero attached hydrogens (tertiary/aromatic N) is 1. The third-order valence-corrected chi connectivity index (χ3v) is 5.63. The van der Waals surface area contributed by atoms with Gasteiger partial charge < -0.3 is 15.3 Å². The highest BCUT2D eigenvalue weighted by Crippen LogP contribution is 2.21. The van der Waals surface area contributed by atoms with Crippen LogP contribution < -0.4 is 5.32 Å². The monoisotopic (exact) mass is 456 g/mol. The first-order valence-electron chi connectivity index (χ1n) is 8.36. The molecule has 0 bridgehead atoms. The van der Waals surface area contributed by atoms with Crippen molar-refractivity contribution in [3.63, 3.8) is 0 Å². The fourth-order valence-corrected chi connectivity index (χ4v) is 3.99. The first-order valence-corrected chi connectivity index (χ1v) is 10.0. The molecule has 0 aliphatic carbocycles. The minimum atomic E-state index is -1.07. The van der Waals surface area contributed by atoms with Crippen molar-refractivity contribution in [2.75, 3.05) is 6.54 Å². The highest BCUT2D eigenvalue weighted by molar-refractivity contribution is 9.10. The van der Waals surface area contributed by atoms with Crippen molar-refractivity contribution in [2.45, 2.75) is 38.8 Å². The number of carboxylic acid groups (broad SMARTS) is 1. The molecule has 1 atom stereocenters. The predicted octanol–water partition coefficient (Wildman–Crippen LogP) is 4.77. The summed E-state index contributed by atoms with van der Waals surface area (Å²) in [4.78, 5) is 26.1. The topological polar surface area (TPSA) is 69.6 Å². The van der Waals surface area contributed by atoms with Crippen LogP contribution in [0.1, 0.15) is 36.0 Å². The van der Waals surface area contributed by atoms with E-state index in [1.54, 1.807) is 44.4 Å². The predicted molar refractivity (Wildman–Crippen MR) is 108 cm³/mol. The van der Waals surface area contributed by atoms with E-state index in [1.807, 2.05) is 0 Å². The average molecular weight is 457 g/mol. The molecule has 0 saturated carbocycles. The molecule has 2 N–H and O–H groups in total. The van der Waals surface area contributed by atoms with E-state index in [-0.39, 0.29) is 18.3 Å². The van der Waals surface area contributed by atoms with E-state index in [4.69, 9.17) is 0 Å². The summed E-state index contributed by atoms with van der Waals surface area (Å²) in [5.41, 5.74) is 0.0508. The number of benzene rings is 1. The van der Waals surface area contributed by atoms with Crippen LogP contribution in [0.4, 0.5) is 9.18 Å². The third kappa shape index (κ3) is 6.32. The summed E-state index contributed by atoms with van der Waals surface area (Å²) in [6.45, 7) is 5.46. The molecule has 0 aliphatic heterocycles. The number of rotatable bonds is 6. The molecule has 2 amide bonds. The Morgan fingerprint density at radius 1 is 1.33 bits per heavy atom. The molecule has 0 aliphatic rings. The van der Waals surface area contributed by atoms with Gasteiger partial charge in [0.25, 0.3) is 5.91 Å². The molecule has 0 saturated heterocycles. The Bertz CT molecular complexity index is 819. The zero-order valence-electron chi connectivity index (χ0n) is 15.3. The molecule has 8 heteroatoms. The molecule has 2 aromatic rings. The number of carbonyl (C=O) groups is 2. The van der Waals surface area contributed by atoms with Crippen molar-refractivity contribution in [1.29, 1.82) is 0 Å². The zero-order chi connectivity index (χ0) is 20.2. The smallest absolute Gasteiger partial charge is 0.407 e. The molecular weight excluding hydrogens is 435 g/mol. The van der Waals surface area contributed by atoms with E-state index >= 15 is 0 Å². The summed E-state index contributed by atoms with van der Waals surface area (Å²) in [6.07, 6.45) is -0.754. The molecular formula is C19H22BrFN2O3S. The molecule has 2 rings (SSSR count). The van der Waals surface area contributed by atoms with Gasteiger partial charge in [-0.1, -0.05) is 12.1 Å². The van der Waals surface area contributed by atoms with Gasteiger partial charge in [0.15, 0.2) is 0 Å². The van der Waals surface area contributed by atoms with Crippen LogP contribution in [0.25, 0.3) is 0 Å². The van der Waals surface area contributed by atoms with Crippen LogP contribution in [0.15, 0.2) is 40.2 Å². The van der Waals surface area contributed by atoms with Gasteiger partial charge in [0, 0.05) is 21.9 Å². The van der Waals surface area contributed by atoms with Gasteiger partial charge >= 0.3 is 6.09 Å². The Kier molecular flexibility index (Phi) is 7.00. The first-order chi connectivity index (χ1) is 12.6. The van der Waals surface area contributed by atoms with Crippen LogP contribution in [-0.2, 0) is 6.42 Å². The second-order valence-corrected chi connectivity index (χ2v) is 9.02. The third-order valence-electron chi connectivity index (χ3n) is 3.94. The van der Waals surface area contributed by atoms with Gasteiger partial charge in [0.2, 0.25) is 0 Å². The first kappa shape index (κ1) is 21.4. The number of amides is 2. The summed E-state index contributed by atoms with van der Waals surface area (Å²) < 4.78 is 14.3. The summed E-state index contributed by atoms with van der Waals surface area (Å²) in [5.74, 6) is -0.656. The second kappa shape index (κ2) is 8.84. The second-order valence-electron chi connectivity index (χ2n) is 7.20. The fourth-order valence-electron chi connectivity index (χ4n) is 2.66. The van der Waals surface area contributed by atoms with Crippen LogP contribution in [0.3, 0.4) is 0 Å². The number of hydrogen-bond acceptors (Lipinski definition) is 3. The average Bonchev–Trinajstić information content (AvgIpc) is 2.97. The number of carbonyl (C=O) groups excluding carboxylic acids is 1. The lowest BCUT2D eigenvalue weighted by atomic mass is 10.0. The van der Waals surface area contributed by atoms with Gasteiger partial charge in [-0.25, -0.2) is 9.18 Å². The van der Waals surface area contributed by atoms with Crippen molar-refractivity contribution in [1.82, 2.24) is 10.2 Å². The lowest BCUT2D eigenvalue weighted by molar-refractivity contribution is 0.0824. The Morgan fingerprint density at radius 2 is 2.04 bits per heavy atom. The van der Waals surface area contributed by atoms with Gasteiger partial charge in [-0.05, 0) is 66.9 Å². The van der Waals surface area contributed by atoms with Gasteiger partial charge in [0.05, 0.1) is 10.9 Å². The summed E-state index contributed by atoms with van der Waals surface area (Å²) in [5, 5.41) is 14.3. The highest BCUT2D eigenvalue weighted by Gasteiger charge is 2.29. The van der Waals surface area contributed by atoms with Crippen molar-refractivity contribution in [3.8, 4) is 0 Å². The maximum atomic E-state index is 13.5. The van der Waals surface area contributed by atoms with Crippen molar-refractivity contribution >= 4 is 39.3 Å². The molecule has 0 spiro atoms. The molecule has 0 fully saturated rings. The van der Waals surface area contributed by atoms with E-state index in [1.165, 1.54) is 28.4 Å². The Morgan fingerprint density at radius 3 is 2.56 bits per heavy atom. The van der Waals surface area contributed by atoms with Crippen LogP contribution >= 0.6 is 27.3 Å². The fraction of sp³-hybridized carbons (Fsp3) is 0.368. The molecule has 1 aromatic carbocycles. The van der Waals surface area contributed by atoms with Crippen molar-refractivity contribution in [2.24, 2.45) is 0 Å². The van der Waals surface area contributed by atoms with E-state index in [0.717, 1.165) is 4.47 Å². The maximum absolute atomic E-state index is 13.5. The molecule has 1 aromatic heterocycles. The standard InChI is InChI=1S/C19H22BrFN2O3S/c1-19(2,3)23(18(25)26)10-15(8-12-5-4-6-14(21)7-12)22-17(24)16-9-13(20)11-27-16/h4-7,9,11,15H,8,10H2,1-3H3,(H,22,24)(H,25,26)/t15-/m0/s1. The van der Waals surface area contributed by atoms with Gasteiger partial charge in [0.1, 0.15) is 5.82 Å². The van der Waals surface area contributed by atoms with Gasteiger partial charge in [-0.15, -0.1) is 11.3 Å².